The summed E-state index contributed by atoms with van der Waals surface area (Å²) in [6, 6.07) is 5.80. The van der Waals surface area contributed by atoms with Gasteiger partial charge in [0.05, 0.1) is 5.75 Å². The minimum absolute atomic E-state index is 0.00710. The van der Waals surface area contributed by atoms with Crippen molar-refractivity contribution in [1.29, 1.82) is 0 Å². The third-order valence-corrected chi connectivity index (χ3v) is 3.95. The zero-order chi connectivity index (χ0) is 16.8. The largest absolute Gasteiger partial charge is 0.483 e. The highest BCUT2D eigenvalue weighted by atomic mass is 32.2. The molecule has 0 aliphatic rings. The van der Waals surface area contributed by atoms with Crippen LogP contribution in [0.15, 0.2) is 18.2 Å². The summed E-state index contributed by atoms with van der Waals surface area (Å²) in [5.74, 6) is 0.335. The zero-order valence-electron chi connectivity index (χ0n) is 13.8. The molecule has 0 aliphatic carbocycles. The van der Waals surface area contributed by atoms with E-state index in [1.165, 1.54) is 11.8 Å². The van der Waals surface area contributed by atoms with Crippen molar-refractivity contribution in [3.05, 3.63) is 29.3 Å². The third kappa shape index (κ3) is 7.36. The van der Waals surface area contributed by atoms with Crippen LogP contribution in [0.25, 0.3) is 0 Å². The highest BCUT2D eigenvalue weighted by Crippen LogP contribution is 2.22. The van der Waals surface area contributed by atoms with Gasteiger partial charge in [0, 0.05) is 4.75 Å². The van der Waals surface area contributed by atoms with Gasteiger partial charge >= 0.3 is 0 Å². The van der Waals surface area contributed by atoms with Crippen LogP contribution in [0.3, 0.4) is 0 Å². The van der Waals surface area contributed by atoms with E-state index in [0.717, 1.165) is 11.1 Å². The van der Waals surface area contributed by atoms with Crippen molar-refractivity contribution in [2.45, 2.75) is 39.4 Å². The van der Waals surface area contributed by atoms with Crippen molar-refractivity contribution in [2.24, 2.45) is 0 Å². The van der Waals surface area contributed by atoms with E-state index in [-0.39, 0.29) is 17.3 Å². The minimum atomic E-state index is -0.394. The summed E-state index contributed by atoms with van der Waals surface area (Å²) >= 11 is 1.51. The summed E-state index contributed by atoms with van der Waals surface area (Å²) in [7, 11) is 0. The molecule has 0 spiro atoms. The molecule has 6 heteroatoms. The maximum absolute atomic E-state index is 11.7. The van der Waals surface area contributed by atoms with Crippen LogP contribution in [0.1, 0.15) is 31.9 Å². The second-order valence-corrected chi connectivity index (χ2v) is 7.86. The summed E-state index contributed by atoms with van der Waals surface area (Å²) in [6.45, 7) is 9.82. The Balaban J connectivity index is 2.32. The van der Waals surface area contributed by atoms with E-state index in [1.54, 1.807) is 0 Å². The number of hydrogen-bond donors (Lipinski definition) is 2. The lowest BCUT2D eigenvalue weighted by molar-refractivity contribution is -0.128. The fraction of sp³-hybridized carbons (Fsp3) is 0.500. The normalized spacial score (nSPS) is 11.0. The van der Waals surface area contributed by atoms with E-state index in [1.807, 2.05) is 52.8 Å². The molecule has 1 aromatic carbocycles. The molecule has 5 nitrogen and oxygen atoms in total. The first-order chi connectivity index (χ1) is 10.2. The van der Waals surface area contributed by atoms with Crippen molar-refractivity contribution in [2.75, 3.05) is 12.4 Å². The Bertz CT molecular complexity index is 539. The van der Waals surface area contributed by atoms with Crippen LogP contribution in [0.5, 0.6) is 5.75 Å². The van der Waals surface area contributed by atoms with E-state index < -0.39 is 5.91 Å². The lowest BCUT2D eigenvalue weighted by Gasteiger charge is -2.17. The smallest absolute Gasteiger partial charge is 0.276 e. The maximum atomic E-state index is 11.7. The van der Waals surface area contributed by atoms with Crippen LogP contribution in [0.4, 0.5) is 0 Å². The number of rotatable bonds is 5. The van der Waals surface area contributed by atoms with Gasteiger partial charge in [0.15, 0.2) is 6.61 Å². The Hall–Kier alpha value is -1.69. The lowest BCUT2D eigenvalue weighted by atomic mass is 10.1. The summed E-state index contributed by atoms with van der Waals surface area (Å²) in [5, 5.41) is 0. The Kier molecular flexibility index (Phi) is 6.74. The van der Waals surface area contributed by atoms with Crippen molar-refractivity contribution >= 4 is 23.6 Å². The molecule has 1 aromatic rings. The molecule has 2 N–H and O–H groups in total. The van der Waals surface area contributed by atoms with Crippen LogP contribution >= 0.6 is 11.8 Å². The number of aryl methyl sites for hydroxylation is 2. The molecule has 22 heavy (non-hydrogen) atoms. The average Bonchev–Trinajstić information content (AvgIpc) is 2.43. The quantitative estimate of drug-likeness (QED) is 0.816. The molecule has 0 saturated carbocycles. The molecule has 0 aromatic heterocycles. The molecular weight excluding hydrogens is 300 g/mol. The predicted octanol–water partition coefficient (Wildman–Crippen LogP) is 2.36. The van der Waals surface area contributed by atoms with Gasteiger partial charge in [-0.15, -0.1) is 11.8 Å². The number of nitrogens with one attached hydrogen (secondary N) is 2. The Morgan fingerprint density at radius 1 is 1.14 bits per heavy atom. The Labute approximate surface area is 136 Å². The number of benzene rings is 1. The molecule has 0 bridgehead atoms. The highest BCUT2D eigenvalue weighted by molar-refractivity contribution is 8.01. The zero-order valence-corrected chi connectivity index (χ0v) is 14.6. The summed E-state index contributed by atoms with van der Waals surface area (Å²) in [6.07, 6.45) is 0. The molecule has 0 radical (unpaired) electrons. The van der Waals surface area contributed by atoms with Gasteiger partial charge in [-0.2, -0.15) is 0 Å². The number of amides is 2. The van der Waals surface area contributed by atoms with Gasteiger partial charge in [-0.05, 0) is 31.0 Å². The molecule has 2 amide bonds. The molecule has 0 unspecified atom stereocenters. The Morgan fingerprint density at radius 3 is 2.41 bits per heavy atom. The van der Waals surface area contributed by atoms with Crippen molar-refractivity contribution in [3.63, 3.8) is 0 Å². The number of carbonyl (C=O) groups excluding carboxylic acids is 2. The van der Waals surface area contributed by atoms with E-state index in [4.69, 9.17) is 4.74 Å². The minimum Gasteiger partial charge on any atom is -0.483 e. The summed E-state index contributed by atoms with van der Waals surface area (Å²) < 4.78 is 5.46. The fourth-order valence-corrected chi connectivity index (χ4v) is 2.14. The van der Waals surface area contributed by atoms with Crippen LogP contribution in [0, 0.1) is 13.8 Å². The third-order valence-electron chi connectivity index (χ3n) is 2.68. The van der Waals surface area contributed by atoms with E-state index in [9.17, 15) is 9.59 Å². The molecule has 0 atom stereocenters. The number of hydrogen-bond acceptors (Lipinski definition) is 4. The first kappa shape index (κ1) is 18.4. The van der Waals surface area contributed by atoms with E-state index in [0.29, 0.717) is 11.5 Å². The predicted molar refractivity (Wildman–Crippen MR) is 89.9 cm³/mol. The molecule has 122 valence electrons. The fourth-order valence-electron chi connectivity index (χ4n) is 1.50. The van der Waals surface area contributed by atoms with Gasteiger partial charge in [0.25, 0.3) is 5.91 Å². The summed E-state index contributed by atoms with van der Waals surface area (Å²) in [5.41, 5.74) is 6.75. The molecule has 0 heterocycles. The lowest BCUT2D eigenvalue weighted by Crippen LogP contribution is -2.44. The first-order valence-corrected chi connectivity index (χ1v) is 8.07. The van der Waals surface area contributed by atoms with Gasteiger partial charge in [0.1, 0.15) is 5.75 Å². The second-order valence-electron chi connectivity index (χ2n) is 6.06. The molecule has 0 saturated heterocycles. The Morgan fingerprint density at radius 2 is 1.77 bits per heavy atom. The highest BCUT2D eigenvalue weighted by Gasteiger charge is 2.13. The molecule has 0 fully saturated rings. The summed E-state index contributed by atoms with van der Waals surface area (Å²) in [4.78, 5) is 23.2. The number of carbonyl (C=O) groups is 2. The topological polar surface area (TPSA) is 67.4 Å². The van der Waals surface area contributed by atoms with Gasteiger partial charge in [0.2, 0.25) is 5.91 Å². The SMILES string of the molecule is Cc1ccc(C)c(OCC(=O)NNC(=O)CSC(C)(C)C)c1. The maximum Gasteiger partial charge on any atom is 0.276 e. The average molecular weight is 324 g/mol. The first-order valence-electron chi connectivity index (χ1n) is 7.09. The van der Waals surface area contributed by atoms with Crippen molar-refractivity contribution in [1.82, 2.24) is 10.9 Å². The van der Waals surface area contributed by atoms with Crippen LogP contribution in [-0.2, 0) is 9.59 Å². The number of ether oxygens (including phenoxy) is 1. The van der Waals surface area contributed by atoms with Crippen LogP contribution < -0.4 is 15.6 Å². The van der Waals surface area contributed by atoms with Crippen molar-refractivity contribution in [3.8, 4) is 5.75 Å². The van der Waals surface area contributed by atoms with Crippen LogP contribution in [0.2, 0.25) is 0 Å². The monoisotopic (exact) mass is 324 g/mol. The molecule has 1 rings (SSSR count). The standard InChI is InChI=1S/C16H24N2O3S/c1-11-6-7-12(2)13(8-11)21-9-14(19)17-18-15(20)10-22-16(3,4)5/h6-8H,9-10H2,1-5H3,(H,17,19)(H,18,20). The number of hydrazine groups is 1. The van der Waals surface area contributed by atoms with Gasteiger partial charge in [-0.25, -0.2) is 0 Å². The second kappa shape index (κ2) is 8.08. The van der Waals surface area contributed by atoms with Crippen LogP contribution in [-0.4, -0.2) is 28.9 Å². The van der Waals surface area contributed by atoms with E-state index in [2.05, 4.69) is 10.9 Å². The van der Waals surface area contributed by atoms with E-state index >= 15 is 0 Å². The molecule has 0 aliphatic heterocycles. The van der Waals surface area contributed by atoms with Gasteiger partial charge < -0.3 is 4.74 Å². The van der Waals surface area contributed by atoms with Gasteiger partial charge in [-0.1, -0.05) is 32.9 Å². The van der Waals surface area contributed by atoms with Crippen molar-refractivity contribution < 1.29 is 14.3 Å². The molecular formula is C16H24N2O3S. The van der Waals surface area contributed by atoms with Gasteiger partial charge in [-0.3, -0.25) is 20.4 Å². The number of thioether (sulfide) groups is 1.